The van der Waals surface area contributed by atoms with Gasteiger partial charge in [-0.2, -0.15) is 0 Å². The zero-order valence-electron chi connectivity index (χ0n) is 7.46. The molecule has 0 saturated carbocycles. The van der Waals surface area contributed by atoms with Gasteiger partial charge in [0.1, 0.15) is 0 Å². The van der Waals surface area contributed by atoms with E-state index < -0.39 is 5.97 Å². The van der Waals surface area contributed by atoms with Crippen molar-refractivity contribution in [2.24, 2.45) is 0 Å². The number of hydrogen-bond donors (Lipinski definition) is 2. The van der Waals surface area contributed by atoms with Gasteiger partial charge in [-0.25, -0.2) is 0 Å². The fraction of sp³-hybridized carbons (Fsp3) is 0.300. The lowest BCUT2D eigenvalue weighted by Gasteiger charge is -2.23. The molecule has 1 aromatic rings. The number of benzene rings is 1. The molecule has 0 saturated heterocycles. The third-order valence-corrected chi connectivity index (χ3v) is 2.93. The van der Waals surface area contributed by atoms with Crippen LogP contribution in [0.4, 0.5) is 5.69 Å². The number of carboxylic acid groups (broad SMARTS) is 1. The van der Waals surface area contributed by atoms with Crippen LogP contribution in [-0.2, 0) is 4.79 Å². The Hall–Kier alpha value is -1.03. The van der Waals surface area contributed by atoms with E-state index in [1.165, 1.54) is 0 Å². The first-order valence-corrected chi connectivity index (χ1v) is 5.24. The van der Waals surface area contributed by atoms with Crippen LogP contribution in [0.1, 0.15) is 17.9 Å². The molecule has 0 aliphatic carbocycles. The number of nitrogens with one attached hydrogen (secondary N) is 1. The molecule has 0 aromatic heterocycles. The molecule has 4 heteroatoms. The Kier molecular flexibility index (Phi) is 2.46. The molecular formula is C10H10BrNO2. The third-order valence-electron chi connectivity index (χ3n) is 2.44. The topological polar surface area (TPSA) is 49.3 Å². The number of hydrogen-bond acceptors (Lipinski definition) is 2. The average molecular weight is 256 g/mol. The lowest BCUT2D eigenvalue weighted by molar-refractivity contribution is -0.138. The van der Waals surface area contributed by atoms with Gasteiger partial charge < -0.3 is 10.4 Å². The predicted octanol–water partition coefficient (Wildman–Crippen LogP) is 2.43. The van der Waals surface area contributed by atoms with E-state index in [9.17, 15) is 4.79 Å². The molecule has 0 fully saturated rings. The highest BCUT2D eigenvalue weighted by atomic mass is 79.9. The summed E-state index contributed by atoms with van der Waals surface area (Å²) >= 11 is 3.35. The fourth-order valence-corrected chi connectivity index (χ4v) is 2.12. The van der Waals surface area contributed by atoms with Crippen LogP contribution in [0.15, 0.2) is 22.7 Å². The number of halogens is 1. The van der Waals surface area contributed by atoms with Gasteiger partial charge in [0.2, 0.25) is 0 Å². The van der Waals surface area contributed by atoms with E-state index in [1.807, 2.05) is 18.2 Å². The largest absolute Gasteiger partial charge is 0.481 e. The molecule has 1 atom stereocenters. The Morgan fingerprint density at radius 2 is 2.36 bits per heavy atom. The summed E-state index contributed by atoms with van der Waals surface area (Å²) in [6, 6.07) is 5.70. The molecule has 74 valence electrons. The summed E-state index contributed by atoms with van der Waals surface area (Å²) < 4.78 is 0.922. The summed E-state index contributed by atoms with van der Waals surface area (Å²) in [6.45, 7) is 0.728. The second-order valence-electron chi connectivity index (χ2n) is 3.34. The first-order valence-electron chi connectivity index (χ1n) is 4.44. The molecule has 14 heavy (non-hydrogen) atoms. The quantitative estimate of drug-likeness (QED) is 0.811. The van der Waals surface area contributed by atoms with Crippen molar-refractivity contribution in [3.05, 3.63) is 28.2 Å². The molecule has 1 aliphatic rings. The van der Waals surface area contributed by atoms with Gasteiger partial charge >= 0.3 is 5.97 Å². The zero-order valence-corrected chi connectivity index (χ0v) is 9.04. The van der Waals surface area contributed by atoms with Gasteiger partial charge in [0, 0.05) is 16.7 Å². The van der Waals surface area contributed by atoms with Crippen LogP contribution in [-0.4, -0.2) is 17.6 Å². The van der Waals surface area contributed by atoms with E-state index >= 15 is 0 Å². The Balaban J connectivity index is 2.46. The van der Waals surface area contributed by atoms with Crippen LogP contribution in [0.25, 0.3) is 0 Å². The van der Waals surface area contributed by atoms with Crippen molar-refractivity contribution in [3.63, 3.8) is 0 Å². The Morgan fingerprint density at radius 3 is 3.07 bits per heavy atom. The summed E-state index contributed by atoms with van der Waals surface area (Å²) in [5, 5.41) is 12.2. The molecule has 1 aromatic carbocycles. The van der Waals surface area contributed by atoms with Gasteiger partial charge in [-0.15, -0.1) is 0 Å². The second kappa shape index (κ2) is 3.61. The highest BCUT2D eigenvalue weighted by Crippen LogP contribution is 2.33. The highest BCUT2D eigenvalue weighted by Gasteiger charge is 2.25. The molecule has 0 radical (unpaired) electrons. The number of aliphatic carboxylic acids is 1. The summed E-state index contributed by atoms with van der Waals surface area (Å²) in [6.07, 6.45) is 0.652. The third kappa shape index (κ3) is 1.62. The summed E-state index contributed by atoms with van der Waals surface area (Å²) in [5.41, 5.74) is 1.81. The van der Waals surface area contributed by atoms with E-state index in [0.717, 1.165) is 22.3 Å². The molecule has 3 nitrogen and oxygen atoms in total. The molecule has 2 rings (SSSR count). The van der Waals surface area contributed by atoms with Crippen molar-refractivity contribution in [2.75, 3.05) is 11.9 Å². The lowest BCUT2D eigenvalue weighted by atomic mass is 9.91. The molecule has 1 heterocycles. The minimum atomic E-state index is -0.745. The monoisotopic (exact) mass is 255 g/mol. The second-order valence-corrected chi connectivity index (χ2v) is 4.25. The van der Waals surface area contributed by atoms with Crippen molar-refractivity contribution >= 4 is 27.6 Å². The number of carbonyl (C=O) groups is 1. The van der Waals surface area contributed by atoms with E-state index in [1.54, 1.807) is 0 Å². The number of anilines is 1. The summed E-state index contributed by atoms with van der Waals surface area (Å²) in [7, 11) is 0. The first-order chi connectivity index (χ1) is 6.68. The zero-order chi connectivity index (χ0) is 10.1. The van der Waals surface area contributed by atoms with Gasteiger partial charge in [0.25, 0.3) is 0 Å². The van der Waals surface area contributed by atoms with Crippen LogP contribution < -0.4 is 5.32 Å². The van der Waals surface area contributed by atoms with E-state index in [2.05, 4.69) is 21.2 Å². The van der Waals surface area contributed by atoms with Crippen LogP contribution in [0.2, 0.25) is 0 Å². The van der Waals surface area contributed by atoms with Gasteiger partial charge in [-0.05, 0) is 30.2 Å². The van der Waals surface area contributed by atoms with Crippen molar-refractivity contribution < 1.29 is 9.90 Å². The normalized spacial score (nSPS) is 19.6. The van der Waals surface area contributed by atoms with Gasteiger partial charge in [0.05, 0.1) is 5.92 Å². The average Bonchev–Trinajstić information content (AvgIpc) is 2.16. The van der Waals surface area contributed by atoms with Crippen molar-refractivity contribution in [3.8, 4) is 0 Å². The maximum Gasteiger partial charge on any atom is 0.311 e. The number of carboxylic acids is 1. The molecular weight excluding hydrogens is 246 g/mol. The SMILES string of the molecule is O=C(O)[C@@H]1CCNc2ccc(Br)cc21. The van der Waals surface area contributed by atoms with E-state index in [-0.39, 0.29) is 5.92 Å². The standard InChI is InChI=1S/C10H10BrNO2/c11-6-1-2-9-8(5-6)7(10(13)14)3-4-12-9/h1-2,5,7,12H,3-4H2,(H,13,14)/t7-/m1/s1. The predicted molar refractivity (Wildman–Crippen MR) is 57.6 cm³/mol. The van der Waals surface area contributed by atoms with E-state index in [4.69, 9.17) is 5.11 Å². The van der Waals surface area contributed by atoms with Crippen molar-refractivity contribution in [1.82, 2.24) is 0 Å². The van der Waals surface area contributed by atoms with Crippen LogP contribution in [0.3, 0.4) is 0 Å². The van der Waals surface area contributed by atoms with Gasteiger partial charge in [-0.3, -0.25) is 4.79 Å². The lowest BCUT2D eigenvalue weighted by Crippen LogP contribution is -2.22. The molecule has 1 aliphatic heterocycles. The van der Waals surface area contributed by atoms with Crippen LogP contribution >= 0.6 is 15.9 Å². The Labute approximate surface area is 90.3 Å². The maximum atomic E-state index is 11.0. The molecule has 0 bridgehead atoms. The number of fused-ring (bicyclic) bond motifs is 1. The molecule has 0 amide bonds. The minimum Gasteiger partial charge on any atom is -0.481 e. The Morgan fingerprint density at radius 1 is 1.57 bits per heavy atom. The maximum absolute atomic E-state index is 11.0. The first kappa shape index (κ1) is 9.52. The smallest absolute Gasteiger partial charge is 0.311 e. The van der Waals surface area contributed by atoms with Gasteiger partial charge in [-0.1, -0.05) is 15.9 Å². The summed E-state index contributed by atoms with van der Waals surface area (Å²) in [4.78, 5) is 11.0. The Bertz CT molecular complexity index is 378. The molecule has 2 N–H and O–H groups in total. The molecule has 0 unspecified atom stereocenters. The van der Waals surface area contributed by atoms with Crippen LogP contribution in [0, 0.1) is 0 Å². The fourth-order valence-electron chi connectivity index (χ4n) is 1.75. The minimum absolute atomic E-state index is 0.372. The summed E-state index contributed by atoms with van der Waals surface area (Å²) in [5.74, 6) is -1.12. The van der Waals surface area contributed by atoms with Crippen molar-refractivity contribution in [2.45, 2.75) is 12.3 Å². The highest BCUT2D eigenvalue weighted by molar-refractivity contribution is 9.10. The van der Waals surface area contributed by atoms with E-state index in [0.29, 0.717) is 6.42 Å². The van der Waals surface area contributed by atoms with Crippen molar-refractivity contribution in [1.29, 1.82) is 0 Å². The number of rotatable bonds is 1. The van der Waals surface area contributed by atoms with Crippen LogP contribution in [0.5, 0.6) is 0 Å². The molecule has 0 spiro atoms. The van der Waals surface area contributed by atoms with Gasteiger partial charge in [0.15, 0.2) is 0 Å².